The average Bonchev–Trinajstić information content (AvgIpc) is 2.20. The second-order valence-corrected chi connectivity index (χ2v) is 3.41. The molecule has 76 valence electrons. The lowest BCUT2D eigenvalue weighted by molar-refractivity contribution is 0.628. The fourth-order valence-electron chi connectivity index (χ4n) is 1.27. The summed E-state index contributed by atoms with van der Waals surface area (Å²) in [5.41, 5.74) is 7.25. The summed E-state index contributed by atoms with van der Waals surface area (Å²) in [4.78, 5) is 6.66. The maximum absolute atomic E-state index is 12.7. The summed E-state index contributed by atoms with van der Waals surface area (Å²) in [7, 11) is 0. The number of aromatic amines is 1. The van der Waals surface area contributed by atoms with Gasteiger partial charge in [-0.1, -0.05) is 12.1 Å². The Morgan fingerprint density at radius 2 is 1.93 bits per heavy atom. The summed E-state index contributed by atoms with van der Waals surface area (Å²) in [6.07, 6.45) is 1.57. The molecule has 0 spiro atoms. The van der Waals surface area contributed by atoms with Crippen LogP contribution in [0.4, 0.5) is 10.2 Å². The second-order valence-electron chi connectivity index (χ2n) is 3.02. The molecule has 0 bridgehead atoms. The van der Waals surface area contributed by atoms with Crippen LogP contribution in [0.5, 0.6) is 0 Å². The van der Waals surface area contributed by atoms with E-state index < -0.39 is 0 Å². The predicted molar refractivity (Wildman–Crippen MR) is 59.2 cm³/mol. The lowest BCUT2D eigenvalue weighted by atomic mass is 10.1. The minimum absolute atomic E-state index is 0.283. The highest BCUT2D eigenvalue weighted by molar-refractivity contribution is 7.71. The average molecular weight is 221 g/mol. The molecule has 0 radical (unpaired) electrons. The Morgan fingerprint density at radius 3 is 2.53 bits per heavy atom. The zero-order valence-electron chi connectivity index (χ0n) is 7.70. The molecular formula is C10H8FN3S. The lowest BCUT2D eigenvalue weighted by Crippen LogP contribution is -1.96. The minimum Gasteiger partial charge on any atom is -0.385 e. The molecular weight excluding hydrogens is 213 g/mol. The quantitative estimate of drug-likeness (QED) is 0.727. The van der Waals surface area contributed by atoms with Gasteiger partial charge in [-0.05, 0) is 29.9 Å². The molecule has 0 atom stereocenters. The molecule has 0 unspecified atom stereocenters. The van der Waals surface area contributed by atoms with Gasteiger partial charge in [0.15, 0.2) is 4.77 Å². The highest BCUT2D eigenvalue weighted by Gasteiger charge is 2.02. The number of anilines is 1. The molecule has 0 fully saturated rings. The summed E-state index contributed by atoms with van der Waals surface area (Å²) >= 11 is 4.82. The zero-order valence-corrected chi connectivity index (χ0v) is 8.51. The van der Waals surface area contributed by atoms with Gasteiger partial charge in [-0.2, -0.15) is 0 Å². The van der Waals surface area contributed by atoms with Gasteiger partial charge in [-0.3, -0.25) is 0 Å². The van der Waals surface area contributed by atoms with Crippen LogP contribution in [0.1, 0.15) is 0 Å². The first-order valence-electron chi connectivity index (χ1n) is 4.27. The first kappa shape index (κ1) is 9.79. The molecule has 1 aromatic heterocycles. The van der Waals surface area contributed by atoms with E-state index >= 15 is 0 Å². The van der Waals surface area contributed by atoms with E-state index in [2.05, 4.69) is 9.97 Å². The second kappa shape index (κ2) is 3.78. The molecule has 1 heterocycles. The number of rotatable bonds is 1. The van der Waals surface area contributed by atoms with Crippen LogP contribution in [0, 0.1) is 10.6 Å². The van der Waals surface area contributed by atoms with E-state index in [1.807, 2.05) is 0 Å². The lowest BCUT2D eigenvalue weighted by Gasteiger charge is -2.04. The smallest absolute Gasteiger partial charge is 0.198 e. The number of hydrogen-bond acceptors (Lipinski definition) is 3. The normalized spacial score (nSPS) is 10.2. The van der Waals surface area contributed by atoms with Crippen molar-refractivity contribution in [2.45, 2.75) is 0 Å². The van der Waals surface area contributed by atoms with Gasteiger partial charge >= 0.3 is 0 Å². The number of nitrogens with two attached hydrogens (primary N) is 1. The van der Waals surface area contributed by atoms with Crippen molar-refractivity contribution in [1.82, 2.24) is 9.97 Å². The van der Waals surface area contributed by atoms with Gasteiger partial charge in [-0.15, -0.1) is 0 Å². The predicted octanol–water partition coefficient (Wildman–Crippen LogP) is 2.53. The Bertz CT molecular complexity index is 533. The number of halogens is 1. The molecule has 15 heavy (non-hydrogen) atoms. The van der Waals surface area contributed by atoms with Crippen molar-refractivity contribution in [2.75, 3.05) is 5.73 Å². The van der Waals surface area contributed by atoms with Gasteiger partial charge in [0.2, 0.25) is 0 Å². The van der Waals surface area contributed by atoms with Crippen molar-refractivity contribution < 1.29 is 4.39 Å². The maximum atomic E-state index is 12.7. The van der Waals surface area contributed by atoms with Gasteiger partial charge < -0.3 is 10.7 Å². The molecule has 1 aromatic carbocycles. The summed E-state index contributed by atoms with van der Waals surface area (Å²) in [6.45, 7) is 0. The number of nitrogens with one attached hydrogen (secondary N) is 1. The molecule has 0 aliphatic heterocycles. The first-order valence-corrected chi connectivity index (χ1v) is 4.68. The van der Waals surface area contributed by atoms with Crippen LogP contribution in [0.25, 0.3) is 11.1 Å². The van der Waals surface area contributed by atoms with Crippen molar-refractivity contribution in [3.05, 3.63) is 41.1 Å². The fourth-order valence-corrected chi connectivity index (χ4v) is 1.43. The van der Waals surface area contributed by atoms with Gasteiger partial charge in [0.05, 0.1) is 0 Å². The number of H-pyrrole nitrogens is 1. The Morgan fingerprint density at radius 1 is 1.27 bits per heavy atom. The van der Waals surface area contributed by atoms with Crippen LogP contribution < -0.4 is 5.73 Å². The number of hydrogen-bond donors (Lipinski definition) is 2. The van der Waals surface area contributed by atoms with Gasteiger partial charge in [0.25, 0.3) is 0 Å². The Balaban J connectivity index is 2.54. The summed E-state index contributed by atoms with van der Waals surface area (Å²) in [5.74, 6) is 0.149. The third-order valence-corrected chi connectivity index (χ3v) is 2.21. The highest BCUT2D eigenvalue weighted by Crippen LogP contribution is 2.22. The summed E-state index contributed by atoms with van der Waals surface area (Å²) < 4.78 is 13.0. The van der Waals surface area contributed by atoms with E-state index in [9.17, 15) is 4.39 Å². The first-order chi connectivity index (χ1) is 7.16. The highest BCUT2D eigenvalue weighted by atomic mass is 32.1. The Labute approximate surface area is 90.8 Å². The monoisotopic (exact) mass is 221 g/mol. The third kappa shape index (κ3) is 2.02. The molecule has 0 saturated carbocycles. The molecule has 2 aromatic rings. The largest absolute Gasteiger partial charge is 0.385 e. The van der Waals surface area contributed by atoms with Crippen molar-refractivity contribution in [1.29, 1.82) is 0 Å². The number of aromatic nitrogens is 2. The van der Waals surface area contributed by atoms with E-state index in [1.165, 1.54) is 12.1 Å². The van der Waals surface area contributed by atoms with Crippen LogP contribution in [0.15, 0.2) is 30.5 Å². The van der Waals surface area contributed by atoms with E-state index in [4.69, 9.17) is 18.0 Å². The van der Waals surface area contributed by atoms with Crippen LogP contribution >= 0.6 is 12.2 Å². The van der Waals surface area contributed by atoms with E-state index in [0.29, 0.717) is 16.2 Å². The van der Waals surface area contributed by atoms with Crippen LogP contribution in [0.3, 0.4) is 0 Å². The van der Waals surface area contributed by atoms with Crippen LogP contribution in [-0.2, 0) is 0 Å². The molecule has 0 aliphatic carbocycles. The van der Waals surface area contributed by atoms with Gasteiger partial charge in [-0.25, -0.2) is 9.37 Å². The Hall–Kier alpha value is -1.75. The minimum atomic E-state index is -0.283. The zero-order chi connectivity index (χ0) is 10.8. The standard InChI is InChI=1S/C10H8FN3S/c11-7-3-1-6(2-4-7)8-5-13-10(15)14-9(8)12/h1-5H,(H3,12,13,14,15). The number of benzene rings is 1. The van der Waals surface area contributed by atoms with Crippen LogP contribution in [0.2, 0.25) is 0 Å². The van der Waals surface area contributed by atoms with Gasteiger partial charge in [0.1, 0.15) is 11.6 Å². The molecule has 0 aliphatic rings. The van der Waals surface area contributed by atoms with E-state index in [-0.39, 0.29) is 5.82 Å². The summed E-state index contributed by atoms with van der Waals surface area (Å²) in [6, 6.07) is 6.02. The van der Waals surface area contributed by atoms with Crippen molar-refractivity contribution >= 4 is 18.0 Å². The SMILES string of the molecule is Nc1[nH]c(=S)ncc1-c1ccc(F)cc1. The Kier molecular flexibility index (Phi) is 2.47. The summed E-state index contributed by atoms with van der Waals surface area (Å²) in [5, 5.41) is 0. The number of nitrogens with zero attached hydrogens (tertiary/aromatic N) is 1. The fraction of sp³-hybridized carbons (Fsp3) is 0. The van der Waals surface area contributed by atoms with E-state index in [1.54, 1.807) is 18.3 Å². The van der Waals surface area contributed by atoms with E-state index in [0.717, 1.165) is 5.56 Å². The van der Waals surface area contributed by atoms with Gasteiger partial charge in [0, 0.05) is 11.8 Å². The molecule has 0 saturated heterocycles. The molecule has 2 rings (SSSR count). The van der Waals surface area contributed by atoms with Crippen LogP contribution in [-0.4, -0.2) is 9.97 Å². The van der Waals surface area contributed by atoms with Crippen molar-refractivity contribution in [3.8, 4) is 11.1 Å². The topological polar surface area (TPSA) is 54.7 Å². The maximum Gasteiger partial charge on any atom is 0.198 e. The molecule has 5 heteroatoms. The molecule has 3 N–H and O–H groups in total. The van der Waals surface area contributed by atoms with Crippen molar-refractivity contribution in [3.63, 3.8) is 0 Å². The third-order valence-electron chi connectivity index (χ3n) is 2.00. The van der Waals surface area contributed by atoms with Crippen molar-refractivity contribution in [2.24, 2.45) is 0 Å². The molecule has 0 amide bonds. The molecule has 3 nitrogen and oxygen atoms in total. The number of nitrogen functional groups attached to an aromatic ring is 1.